The number of nitrogens with one attached hydrogen (secondary N) is 2. The molecule has 0 saturated heterocycles. The molecule has 0 spiro atoms. The van der Waals surface area contributed by atoms with Crippen molar-refractivity contribution in [3.8, 4) is 0 Å². The largest absolute Gasteiger partial charge is 0.471 e. The molecule has 20 heavy (non-hydrogen) atoms. The van der Waals surface area contributed by atoms with Gasteiger partial charge in [0.05, 0.1) is 6.42 Å². The quantitative estimate of drug-likeness (QED) is 0.813. The van der Waals surface area contributed by atoms with Crippen molar-refractivity contribution in [2.24, 2.45) is 0 Å². The van der Waals surface area contributed by atoms with Gasteiger partial charge in [-0.25, -0.2) is 0 Å². The Hall–Kier alpha value is -1.76. The molecule has 0 unspecified atom stereocenters. The maximum absolute atomic E-state index is 11.8. The molecule has 0 aliphatic rings. The summed E-state index contributed by atoms with van der Waals surface area (Å²) in [6.07, 6.45) is -4.85. The van der Waals surface area contributed by atoms with E-state index in [9.17, 15) is 22.8 Å². The molecule has 4 nitrogen and oxygen atoms in total. The van der Waals surface area contributed by atoms with E-state index in [0.717, 1.165) is 0 Å². The minimum Gasteiger partial charge on any atom is -0.354 e. The zero-order valence-corrected chi connectivity index (χ0v) is 11.0. The molecule has 2 amide bonds. The van der Waals surface area contributed by atoms with Crippen molar-refractivity contribution in [2.45, 2.75) is 12.6 Å². The second-order valence-electron chi connectivity index (χ2n) is 3.91. The van der Waals surface area contributed by atoms with E-state index in [-0.39, 0.29) is 25.4 Å². The van der Waals surface area contributed by atoms with Gasteiger partial charge < -0.3 is 10.6 Å². The van der Waals surface area contributed by atoms with Gasteiger partial charge in [0.2, 0.25) is 5.91 Å². The number of carbonyl (C=O) groups is 2. The van der Waals surface area contributed by atoms with Crippen LogP contribution in [0.2, 0.25) is 5.02 Å². The lowest BCUT2D eigenvalue weighted by Gasteiger charge is -2.09. The van der Waals surface area contributed by atoms with Crippen LogP contribution in [0.25, 0.3) is 0 Å². The van der Waals surface area contributed by atoms with Gasteiger partial charge in [0.25, 0.3) is 0 Å². The predicted molar refractivity (Wildman–Crippen MR) is 67.2 cm³/mol. The van der Waals surface area contributed by atoms with Crippen molar-refractivity contribution in [3.05, 3.63) is 34.9 Å². The number of alkyl halides is 3. The van der Waals surface area contributed by atoms with E-state index in [1.807, 2.05) is 0 Å². The number of benzene rings is 1. The van der Waals surface area contributed by atoms with Crippen LogP contribution in [0.15, 0.2) is 24.3 Å². The molecule has 110 valence electrons. The van der Waals surface area contributed by atoms with Crippen LogP contribution in [0, 0.1) is 0 Å². The number of halogens is 4. The summed E-state index contributed by atoms with van der Waals surface area (Å²) >= 11 is 5.75. The van der Waals surface area contributed by atoms with E-state index in [0.29, 0.717) is 10.6 Å². The second-order valence-corrected chi connectivity index (χ2v) is 4.35. The number of carbonyl (C=O) groups excluding carboxylic acids is 2. The molecule has 0 aromatic heterocycles. The first-order chi connectivity index (χ1) is 9.29. The van der Waals surface area contributed by atoms with E-state index in [2.05, 4.69) is 5.32 Å². The summed E-state index contributed by atoms with van der Waals surface area (Å²) in [5.74, 6) is -2.39. The number of amides is 2. The lowest BCUT2D eigenvalue weighted by Crippen LogP contribution is -2.41. The minimum absolute atomic E-state index is 0.0633. The van der Waals surface area contributed by atoms with Crippen molar-refractivity contribution in [2.75, 3.05) is 13.1 Å². The van der Waals surface area contributed by atoms with Crippen molar-refractivity contribution in [1.82, 2.24) is 10.6 Å². The second kappa shape index (κ2) is 7.14. The summed E-state index contributed by atoms with van der Waals surface area (Å²) in [4.78, 5) is 22.0. The fourth-order valence-corrected chi connectivity index (χ4v) is 1.59. The minimum atomic E-state index is -4.91. The van der Waals surface area contributed by atoms with Gasteiger partial charge in [-0.1, -0.05) is 23.7 Å². The Bertz CT molecular complexity index is 492. The monoisotopic (exact) mass is 308 g/mol. The van der Waals surface area contributed by atoms with Gasteiger partial charge in [0, 0.05) is 18.1 Å². The first kappa shape index (κ1) is 16.3. The molecule has 0 heterocycles. The molecule has 1 aromatic carbocycles. The summed E-state index contributed by atoms with van der Waals surface area (Å²) < 4.78 is 35.5. The van der Waals surface area contributed by atoms with Gasteiger partial charge in [-0.15, -0.1) is 0 Å². The van der Waals surface area contributed by atoms with Crippen molar-refractivity contribution < 1.29 is 22.8 Å². The summed E-state index contributed by atoms with van der Waals surface area (Å²) in [5.41, 5.74) is 0.689. The Labute approximate surface area is 118 Å². The molecule has 0 atom stereocenters. The summed E-state index contributed by atoms with van der Waals surface area (Å²) in [6, 6.07) is 6.67. The van der Waals surface area contributed by atoms with Crippen LogP contribution in [0.3, 0.4) is 0 Å². The molecule has 0 aliphatic carbocycles. The van der Waals surface area contributed by atoms with Crippen molar-refractivity contribution in [1.29, 1.82) is 0 Å². The van der Waals surface area contributed by atoms with E-state index >= 15 is 0 Å². The fraction of sp³-hybridized carbons (Fsp3) is 0.333. The Kier molecular flexibility index (Phi) is 5.82. The van der Waals surface area contributed by atoms with Gasteiger partial charge in [-0.3, -0.25) is 9.59 Å². The SMILES string of the molecule is O=C(Cc1cccc(Cl)c1)NCCNC(=O)C(F)(F)F. The highest BCUT2D eigenvalue weighted by Crippen LogP contribution is 2.13. The van der Waals surface area contributed by atoms with E-state index in [1.165, 1.54) is 0 Å². The molecule has 8 heteroatoms. The van der Waals surface area contributed by atoms with Gasteiger partial charge in [-0.05, 0) is 17.7 Å². The van der Waals surface area contributed by atoms with Crippen LogP contribution in [-0.4, -0.2) is 31.1 Å². The van der Waals surface area contributed by atoms with Crippen LogP contribution >= 0.6 is 11.6 Å². The Balaban J connectivity index is 2.26. The van der Waals surface area contributed by atoms with Crippen LogP contribution in [-0.2, 0) is 16.0 Å². The highest BCUT2D eigenvalue weighted by atomic mass is 35.5. The molecule has 1 aromatic rings. The lowest BCUT2D eigenvalue weighted by atomic mass is 10.1. The van der Waals surface area contributed by atoms with Gasteiger partial charge in [0.1, 0.15) is 0 Å². The highest BCUT2D eigenvalue weighted by Gasteiger charge is 2.38. The molecular weight excluding hydrogens is 297 g/mol. The lowest BCUT2D eigenvalue weighted by molar-refractivity contribution is -0.173. The van der Waals surface area contributed by atoms with Crippen LogP contribution in [0.1, 0.15) is 5.56 Å². The molecule has 2 N–H and O–H groups in total. The predicted octanol–water partition coefficient (Wildman–Crippen LogP) is 1.68. The van der Waals surface area contributed by atoms with E-state index < -0.39 is 12.1 Å². The zero-order chi connectivity index (χ0) is 15.2. The third-order valence-electron chi connectivity index (χ3n) is 2.24. The molecule has 0 saturated carbocycles. The maximum Gasteiger partial charge on any atom is 0.471 e. The average molecular weight is 309 g/mol. The zero-order valence-electron chi connectivity index (χ0n) is 10.3. The van der Waals surface area contributed by atoms with Crippen molar-refractivity contribution >= 4 is 23.4 Å². The third-order valence-corrected chi connectivity index (χ3v) is 2.48. The average Bonchev–Trinajstić information content (AvgIpc) is 2.33. The molecule has 0 aliphatic heterocycles. The highest BCUT2D eigenvalue weighted by molar-refractivity contribution is 6.30. The normalized spacial score (nSPS) is 11.0. The topological polar surface area (TPSA) is 58.2 Å². The fourth-order valence-electron chi connectivity index (χ4n) is 1.37. The smallest absolute Gasteiger partial charge is 0.354 e. The Morgan fingerprint density at radius 1 is 1.15 bits per heavy atom. The number of rotatable bonds is 5. The first-order valence-electron chi connectivity index (χ1n) is 5.65. The van der Waals surface area contributed by atoms with Crippen LogP contribution in [0.4, 0.5) is 13.2 Å². The van der Waals surface area contributed by atoms with Gasteiger partial charge >= 0.3 is 12.1 Å². The van der Waals surface area contributed by atoms with Crippen molar-refractivity contribution in [3.63, 3.8) is 0 Å². The summed E-state index contributed by atoms with van der Waals surface area (Å²) in [7, 11) is 0. The third kappa shape index (κ3) is 5.92. The molecule has 0 bridgehead atoms. The standard InChI is InChI=1S/C12H12ClF3N2O2/c13-9-3-1-2-8(6-9)7-10(19)17-4-5-18-11(20)12(14,15)16/h1-3,6H,4-5,7H2,(H,17,19)(H,18,20). The molecular formula is C12H12ClF3N2O2. The van der Waals surface area contributed by atoms with Crippen LogP contribution in [0.5, 0.6) is 0 Å². The summed E-state index contributed by atoms with van der Waals surface area (Å²) in [6.45, 7) is -0.374. The first-order valence-corrected chi connectivity index (χ1v) is 6.03. The summed E-state index contributed by atoms with van der Waals surface area (Å²) in [5, 5.41) is 4.54. The molecule has 0 fully saturated rings. The van der Waals surface area contributed by atoms with E-state index in [4.69, 9.17) is 11.6 Å². The molecule has 0 radical (unpaired) electrons. The maximum atomic E-state index is 11.8. The van der Waals surface area contributed by atoms with E-state index in [1.54, 1.807) is 29.6 Å². The number of hydrogen-bond donors (Lipinski definition) is 2. The van der Waals surface area contributed by atoms with Gasteiger partial charge in [0.15, 0.2) is 0 Å². The molecule has 1 rings (SSSR count). The van der Waals surface area contributed by atoms with Crippen LogP contribution < -0.4 is 10.6 Å². The number of hydrogen-bond acceptors (Lipinski definition) is 2. The van der Waals surface area contributed by atoms with Gasteiger partial charge in [-0.2, -0.15) is 13.2 Å². The Morgan fingerprint density at radius 2 is 1.80 bits per heavy atom. The Morgan fingerprint density at radius 3 is 2.40 bits per heavy atom.